The number of carbonyl (C=O) groups excluding carboxylic acids is 3. The molecule has 0 radical (unpaired) electrons. The zero-order chi connectivity index (χ0) is 31.6. The second-order valence-corrected chi connectivity index (χ2v) is 13.0. The summed E-state index contributed by atoms with van der Waals surface area (Å²) in [6.45, 7) is 13.7. The fourth-order valence-corrected chi connectivity index (χ4v) is 7.32. The number of aryl methyl sites for hydroxylation is 2. The van der Waals surface area contributed by atoms with Crippen LogP contribution in [0.3, 0.4) is 0 Å². The largest absolute Gasteiger partial charge is 0.483 e. The zero-order valence-electron chi connectivity index (χ0n) is 26.3. The maximum absolute atomic E-state index is 14.2. The van der Waals surface area contributed by atoms with Gasteiger partial charge in [-0.3, -0.25) is 14.4 Å². The summed E-state index contributed by atoms with van der Waals surface area (Å²) < 4.78 is 26.3. The molecule has 1 saturated carbocycles. The van der Waals surface area contributed by atoms with Crippen LogP contribution in [-0.2, 0) is 25.5 Å². The van der Waals surface area contributed by atoms with E-state index in [0.717, 1.165) is 43.1 Å². The van der Waals surface area contributed by atoms with Crippen LogP contribution in [0.5, 0.6) is 5.75 Å². The number of carbonyl (C=O) groups is 3. The molecule has 1 amide bonds. The van der Waals surface area contributed by atoms with Crippen LogP contribution in [0.1, 0.15) is 82.9 Å². The minimum atomic E-state index is -0.917. The fraction of sp³-hybridized carbons (Fsp3) is 0.556. The van der Waals surface area contributed by atoms with E-state index in [1.165, 1.54) is 12.1 Å². The Kier molecular flexibility index (Phi) is 9.28. The number of benzene rings is 1. The molecule has 8 heteroatoms. The number of aromatic nitrogens is 1. The standard InChI is InChI=1S/C36H45FN2O5/c1-6-9-10-11-12-13-23(4)33(41)39-22-35(20-30(39)31(40)21-36(19-25(36)7-2)34(42)43-8-3)17-16-27-28-18-26(37)14-15-29(28)38-24(5)32(27)44-35/h6-7,14-15,18,23,25,30H,1-2,8-13,16-17,19-22H2,3-5H3/t23-,25+,30-,35+,36+/m0/s1. The number of hydrogen-bond acceptors (Lipinski definition) is 6. The number of rotatable bonds is 13. The molecule has 3 heterocycles. The lowest BCUT2D eigenvalue weighted by Gasteiger charge is -2.36. The van der Waals surface area contributed by atoms with Crippen molar-refractivity contribution in [3.05, 3.63) is 60.6 Å². The van der Waals surface area contributed by atoms with Gasteiger partial charge in [-0.15, -0.1) is 13.2 Å². The normalized spacial score (nSPS) is 26.1. The molecule has 0 N–H and O–H groups in total. The van der Waals surface area contributed by atoms with E-state index < -0.39 is 17.1 Å². The molecule has 1 aliphatic carbocycles. The van der Waals surface area contributed by atoms with Crippen LogP contribution in [0.15, 0.2) is 43.5 Å². The number of unbranched alkanes of at least 4 members (excludes halogenated alkanes) is 3. The van der Waals surface area contributed by atoms with Crippen molar-refractivity contribution in [2.45, 2.75) is 96.6 Å². The maximum Gasteiger partial charge on any atom is 0.313 e. The first-order valence-corrected chi connectivity index (χ1v) is 16.1. The predicted octanol–water partition coefficient (Wildman–Crippen LogP) is 6.83. The Balaban J connectivity index is 1.42. The van der Waals surface area contributed by atoms with Crippen LogP contribution in [0.25, 0.3) is 10.9 Å². The first-order valence-electron chi connectivity index (χ1n) is 16.1. The third-order valence-corrected chi connectivity index (χ3v) is 9.94. The number of esters is 1. The summed E-state index contributed by atoms with van der Waals surface area (Å²) in [4.78, 5) is 47.5. The molecule has 1 spiro atoms. The predicted molar refractivity (Wildman–Crippen MR) is 168 cm³/mol. The number of Topliss-reactive ketones (excluding diaryl/α,β-unsaturated/α-hetero) is 1. The zero-order valence-corrected chi connectivity index (χ0v) is 26.3. The van der Waals surface area contributed by atoms with Gasteiger partial charge in [0.2, 0.25) is 5.91 Å². The number of pyridine rings is 1. The molecule has 0 bridgehead atoms. The average Bonchev–Trinajstić information content (AvgIpc) is 3.61. The lowest BCUT2D eigenvalue weighted by Crippen LogP contribution is -2.46. The first-order chi connectivity index (χ1) is 21.1. The number of amides is 1. The molecule has 44 heavy (non-hydrogen) atoms. The van der Waals surface area contributed by atoms with Gasteiger partial charge in [-0.1, -0.05) is 31.9 Å². The summed E-state index contributed by atoms with van der Waals surface area (Å²) in [5.41, 5.74) is 0.627. The third-order valence-electron chi connectivity index (χ3n) is 9.94. The molecule has 2 fully saturated rings. The SMILES string of the molecule is C=CCCCCC[C@H](C)C(=O)N1C[C@@]2(CCc3c(c(C)nc4ccc(F)cc34)O2)C[C@H]1C(=O)C[C@]1(C(=O)OCC)C[C@H]1C=C. The van der Waals surface area contributed by atoms with Gasteiger partial charge in [0.15, 0.2) is 5.78 Å². The number of fused-ring (bicyclic) bond motifs is 3. The average molecular weight is 605 g/mol. The summed E-state index contributed by atoms with van der Waals surface area (Å²) in [6.07, 6.45) is 10.4. The van der Waals surface area contributed by atoms with Gasteiger partial charge in [0.25, 0.3) is 0 Å². The number of ether oxygens (including phenoxy) is 2. The van der Waals surface area contributed by atoms with E-state index in [-0.39, 0.29) is 54.9 Å². The van der Waals surface area contributed by atoms with Crippen LogP contribution < -0.4 is 4.74 Å². The number of likely N-dealkylation sites (tertiary alicyclic amines) is 1. The van der Waals surface area contributed by atoms with Gasteiger partial charge in [-0.25, -0.2) is 9.37 Å². The van der Waals surface area contributed by atoms with E-state index in [0.29, 0.717) is 42.6 Å². The minimum Gasteiger partial charge on any atom is -0.483 e. The van der Waals surface area contributed by atoms with Gasteiger partial charge in [0, 0.05) is 29.7 Å². The fourth-order valence-electron chi connectivity index (χ4n) is 7.32. The van der Waals surface area contributed by atoms with Gasteiger partial charge in [-0.2, -0.15) is 0 Å². The van der Waals surface area contributed by atoms with Gasteiger partial charge >= 0.3 is 5.97 Å². The van der Waals surface area contributed by atoms with Crippen molar-refractivity contribution in [1.29, 1.82) is 0 Å². The van der Waals surface area contributed by atoms with E-state index in [9.17, 15) is 18.8 Å². The Morgan fingerprint density at radius 2 is 2.02 bits per heavy atom. The molecule has 3 aliphatic rings. The van der Waals surface area contributed by atoms with E-state index in [2.05, 4.69) is 18.1 Å². The summed E-state index contributed by atoms with van der Waals surface area (Å²) >= 11 is 0. The number of halogens is 1. The summed E-state index contributed by atoms with van der Waals surface area (Å²) in [7, 11) is 0. The topological polar surface area (TPSA) is 85.8 Å². The lowest BCUT2D eigenvalue weighted by atomic mass is 9.85. The van der Waals surface area contributed by atoms with Crippen molar-refractivity contribution in [3.63, 3.8) is 0 Å². The highest BCUT2D eigenvalue weighted by Crippen LogP contribution is 2.57. The number of allylic oxidation sites excluding steroid dienone is 2. The van der Waals surface area contributed by atoms with Crippen LogP contribution in [-0.4, -0.2) is 52.3 Å². The molecule has 2 aromatic rings. The first kappa shape index (κ1) is 31.9. The molecule has 7 nitrogen and oxygen atoms in total. The van der Waals surface area contributed by atoms with Crippen LogP contribution in [0.2, 0.25) is 0 Å². The molecule has 236 valence electrons. The summed E-state index contributed by atoms with van der Waals surface area (Å²) in [5, 5.41) is 0.727. The Hall–Kier alpha value is -3.55. The molecule has 1 aromatic carbocycles. The van der Waals surface area contributed by atoms with E-state index >= 15 is 0 Å². The molecule has 5 atom stereocenters. The molecular formula is C36H45FN2O5. The molecule has 1 aromatic heterocycles. The molecular weight excluding hydrogens is 559 g/mol. The van der Waals surface area contributed by atoms with Crippen molar-refractivity contribution >= 4 is 28.6 Å². The van der Waals surface area contributed by atoms with Gasteiger partial charge in [0.05, 0.1) is 35.8 Å². The van der Waals surface area contributed by atoms with Crippen LogP contribution in [0.4, 0.5) is 4.39 Å². The van der Waals surface area contributed by atoms with E-state index in [1.807, 2.05) is 19.9 Å². The second-order valence-electron chi connectivity index (χ2n) is 13.0. The monoisotopic (exact) mass is 604 g/mol. The number of hydrogen-bond donors (Lipinski definition) is 0. The van der Waals surface area contributed by atoms with Crippen LogP contribution >= 0.6 is 0 Å². The Morgan fingerprint density at radius 1 is 1.23 bits per heavy atom. The summed E-state index contributed by atoms with van der Waals surface area (Å²) in [5.74, 6) is -0.676. The Bertz CT molecular complexity index is 1470. The molecule has 5 rings (SSSR count). The van der Waals surface area contributed by atoms with E-state index in [1.54, 1.807) is 24.0 Å². The maximum atomic E-state index is 14.2. The molecule has 0 unspecified atom stereocenters. The Morgan fingerprint density at radius 3 is 2.73 bits per heavy atom. The minimum absolute atomic E-state index is 0.00403. The number of ketones is 1. The highest BCUT2D eigenvalue weighted by atomic mass is 19.1. The Labute approximate surface area is 259 Å². The lowest BCUT2D eigenvalue weighted by molar-refractivity contribution is -0.152. The van der Waals surface area contributed by atoms with Gasteiger partial charge < -0.3 is 14.4 Å². The smallest absolute Gasteiger partial charge is 0.313 e. The van der Waals surface area contributed by atoms with Crippen molar-refractivity contribution in [3.8, 4) is 5.75 Å². The summed E-state index contributed by atoms with van der Waals surface area (Å²) in [6, 6.07) is 3.87. The van der Waals surface area contributed by atoms with Crippen molar-refractivity contribution in [2.24, 2.45) is 17.3 Å². The number of nitrogens with zero attached hydrogens (tertiary/aromatic N) is 2. The van der Waals surface area contributed by atoms with Gasteiger partial charge in [-0.05, 0) is 76.5 Å². The molecule has 1 saturated heterocycles. The van der Waals surface area contributed by atoms with E-state index in [4.69, 9.17) is 9.47 Å². The van der Waals surface area contributed by atoms with Crippen molar-refractivity contribution in [1.82, 2.24) is 9.88 Å². The highest BCUT2D eigenvalue weighted by Gasteiger charge is 2.62. The van der Waals surface area contributed by atoms with Gasteiger partial charge in [0.1, 0.15) is 17.2 Å². The second kappa shape index (κ2) is 12.8. The van der Waals surface area contributed by atoms with Crippen molar-refractivity contribution in [2.75, 3.05) is 13.2 Å². The third kappa shape index (κ3) is 6.04. The van der Waals surface area contributed by atoms with Crippen molar-refractivity contribution < 1.29 is 28.2 Å². The quantitative estimate of drug-likeness (QED) is 0.142. The highest BCUT2D eigenvalue weighted by molar-refractivity contribution is 5.95. The molecule has 2 aliphatic heterocycles. The van der Waals surface area contributed by atoms with Crippen LogP contribution in [0, 0.1) is 30.0 Å².